The van der Waals surface area contributed by atoms with Crippen LogP contribution in [0.1, 0.15) is 15.9 Å². The Morgan fingerprint density at radius 3 is 2.50 bits per heavy atom. The van der Waals surface area contributed by atoms with E-state index in [-0.39, 0.29) is 0 Å². The van der Waals surface area contributed by atoms with E-state index in [1.165, 1.54) is 9.13 Å². The fourth-order valence-corrected chi connectivity index (χ4v) is 4.74. The SMILES string of the molecule is COc1ccc(-c2c[c]c3c4c(C(N)=O)cccc4n(Cc4ccccc4I)c3c2)cc1. The lowest BCUT2D eigenvalue weighted by molar-refractivity contribution is 0.100. The molecule has 157 valence electrons. The molecule has 0 unspecified atom stereocenters. The number of benzene rings is 4. The Labute approximate surface area is 199 Å². The molecule has 4 aromatic carbocycles. The molecule has 1 amide bonds. The molecule has 0 bridgehead atoms. The minimum atomic E-state index is -0.434. The molecule has 0 saturated heterocycles. The molecule has 5 aromatic rings. The van der Waals surface area contributed by atoms with Gasteiger partial charge in [0.1, 0.15) is 5.75 Å². The standard InChI is InChI=1S/C27H20IN2O2/c1-32-20-12-9-17(10-13-20)18-11-14-21-25(15-18)30(16-19-5-2-3-7-23(19)28)24-8-4-6-22(26(21)24)27(29)31/h2-13,15H,16H2,1H3,(H2,29,31). The summed E-state index contributed by atoms with van der Waals surface area (Å²) in [5.41, 5.74) is 11.6. The van der Waals surface area contributed by atoms with Gasteiger partial charge in [-0.15, -0.1) is 0 Å². The second kappa shape index (κ2) is 8.31. The van der Waals surface area contributed by atoms with Gasteiger partial charge < -0.3 is 15.0 Å². The molecule has 1 radical (unpaired) electrons. The van der Waals surface area contributed by atoms with Crippen molar-refractivity contribution in [1.82, 2.24) is 4.57 Å². The van der Waals surface area contributed by atoms with Gasteiger partial charge in [0, 0.05) is 26.5 Å². The molecule has 0 aliphatic heterocycles. The van der Waals surface area contributed by atoms with E-state index in [1.54, 1.807) is 13.2 Å². The topological polar surface area (TPSA) is 57.2 Å². The average molecular weight is 531 g/mol. The quantitative estimate of drug-likeness (QED) is 0.282. The zero-order valence-corrected chi connectivity index (χ0v) is 19.6. The first-order chi connectivity index (χ1) is 15.6. The number of halogens is 1. The Bertz CT molecular complexity index is 1470. The number of nitrogens with two attached hydrogens (primary N) is 1. The number of methoxy groups -OCH3 is 1. The highest BCUT2D eigenvalue weighted by Crippen LogP contribution is 2.35. The lowest BCUT2D eigenvalue weighted by atomic mass is 10.0. The van der Waals surface area contributed by atoms with Crippen molar-refractivity contribution in [1.29, 1.82) is 0 Å². The van der Waals surface area contributed by atoms with Crippen molar-refractivity contribution in [3.05, 3.63) is 99.6 Å². The lowest BCUT2D eigenvalue weighted by Gasteiger charge is -2.11. The van der Waals surface area contributed by atoms with Crippen LogP contribution in [-0.2, 0) is 6.54 Å². The molecule has 5 heteroatoms. The van der Waals surface area contributed by atoms with Crippen LogP contribution in [-0.4, -0.2) is 17.6 Å². The molecule has 0 saturated carbocycles. The summed E-state index contributed by atoms with van der Waals surface area (Å²) in [4.78, 5) is 12.2. The summed E-state index contributed by atoms with van der Waals surface area (Å²) in [6.45, 7) is 0.682. The Balaban J connectivity index is 1.78. The molecule has 4 nitrogen and oxygen atoms in total. The smallest absolute Gasteiger partial charge is 0.249 e. The maximum absolute atomic E-state index is 12.2. The van der Waals surface area contributed by atoms with Gasteiger partial charge in [-0.1, -0.05) is 36.4 Å². The van der Waals surface area contributed by atoms with Crippen molar-refractivity contribution in [2.75, 3.05) is 7.11 Å². The second-order valence-corrected chi connectivity index (χ2v) is 8.78. The third-order valence-electron chi connectivity index (χ3n) is 5.77. The van der Waals surface area contributed by atoms with Crippen LogP contribution in [0.4, 0.5) is 0 Å². The van der Waals surface area contributed by atoms with E-state index >= 15 is 0 Å². The first-order valence-electron chi connectivity index (χ1n) is 10.2. The number of carbonyl (C=O) groups excluding carboxylic acids is 1. The highest BCUT2D eigenvalue weighted by Gasteiger charge is 2.18. The Hall–Kier alpha value is -3.32. The van der Waals surface area contributed by atoms with Crippen LogP contribution in [0, 0.1) is 9.64 Å². The van der Waals surface area contributed by atoms with Gasteiger partial charge >= 0.3 is 0 Å². The summed E-state index contributed by atoms with van der Waals surface area (Å²) in [6, 6.07) is 29.6. The van der Waals surface area contributed by atoms with Crippen molar-refractivity contribution >= 4 is 50.3 Å². The number of rotatable bonds is 5. The number of aromatic nitrogens is 1. The summed E-state index contributed by atoms with van der Waals surface area (Å²) in [6.07, 6.45) is 0. The number of primary amides is 1. The molecular formula is C27H20IN2O2. The van der Waals surface area contributed by atoms with Crippen LogP contribution >= 0.6 is 22.6 Å². The average Bonchev–Trinajstić information content (AvgIpc) is 3.13. The highest BCUT2D eigenvalue weighted by atomic mass is 127. The van der Waals surface area contributed by atoms with E-state index in [9.17, 15) is 4.79 Å². The number of ether oxygens (including phenoxy) is 1. The van der Waals surface area contributed by atoms with Crippen LogP contribution in [0.25, 0.3) is 32.9 Å². The first-order valence-corrected chi connectivity index (χ1v) is 11.3. The van der Waals surface area contributed by atoms with Gasteiger partial charge in [-0.2, -0.15) is 0 Å². The third-order valence-corrected chi connectivity index (χ3v) is 6.82. The minimum absolute atomic E-state index is 0.434. The van der Waals surface area contributed by atoms with E-state index in [4.69, 9.17) is 10.5 Å². The van der Waals surface area contributed by atoms with Gasteiger partial charge in [-0.25, -0.2) is 0 Å². The van der Waals surface area contributed by atoms with E-state index in [1.807, 2.05) is 48.5 Å². The predicted octanol–water partition coefficient (Wildman–Crippen LogP) is 6.02. The number of carbonyl (C=O) groups is 1. The van der Waals surface area contributed by atoms with Gasteiger partial charge in [0.05, 0.1) is 18.1 Å². The zero-order valence-electron chi connectivity index (χ0n) is 17.4. The summed E-state index contributed by atoms with van der Waals surface area (Å²) in [5, 5.41) is 1.75. The molecule has 2 N–H and O–H groups in total. The van der Waals surface area contributed by atoms with Gasteiger partial charge in [0.25, 0.3) is 0 Å². The van der Waals surface area contributed by atoms with E-state index in [2.05, 4.69) is 57.5 Å². The van der Waals surface area contributed by atoms with Crippen molar-refractivity contribution in [2.24, 2.45) is 5.73 Å². The Morgan fingerprint density at radius 2 is 1.78 bits per heavy atom. The van der Waals surface area contributed by atoms with E-state index in [0.717, 1.165) is 38.7 Å². The Kier molecular flexibility index (Phi) is 5.35. The molecule has 1 aromatic heterocycles. The predicted molar refractivity (Wildman–Crippen MR) is 137 cm³/mol. The number of amides is 1. The molecule has 0 fully saturated rings. The third kappa shape index (κ3) is 3.52. The fraction of sp³-hybridized carbons (Fsp3) is 0.0741. The fourth-order valence-electron chi connectivity index (χ4n) is 4.18. The monoisotopic (exact) mass is 531 g/mol. The minimum Gasteiger partial charge on any atom is -0.497 e. The van der Waals surface area contributed by atoms with E-state index in [0.29, 0.717) is 12.1 Å². The van der Waals surface area contributed by atoms with Crippen LogP contribution in [0.3, 0.4) is 0 Å². The number of hydrogen-bond donors (Lipinski definition) is 1. The first kappa shape index (κ1) is 20.6. The van der Waals surface area contributed by atoms with Gasteiger partial charge in [0.15, 0.2) is 0 Å². The van der Waals surface area contributed by atoms with Gasteiger partial charge in [-0.05, 0) is 87.8 Å². The largest absolute Gasteiger partial charge is 0.497 e. The number of fused-ring (bicyclic) bond motifs is 3. The Morgan fingerprint density at radius 1 is 1.00 bits per heavy atom. The van der Waals surface area contributed by atoms with E-state index < -0.39 is 5.91 Å². The van der Waals surface area contributed by atoms with Crippen LogP contribution in [0.2, 0.25) is 0 Å². The maximum atomic E-state index is 12.2. The van der Waals surface area contributed by atoms with Gasteiger partial charge in [0.2, 0.25) is 5.91 Å². The second-order valence-electron chi connectivity index (χ2n) is 7.62. The van der Waals surface area contributed by atoms with Crippen molar-refractivity contribution in [2.45, 2.75) is 6.54 Å². The molecule has 32 heavy (non-hydrogen) atoms. The van der Waals surface area contributed by atoms with Crippen LogP contribution in [0.15, 0.2) is 78.9 Å². The molecule has 0 aliphatic rings. The van der Waals surface area contributed by atoms with Crippen molar-refractivity contribution < 1.29 is 9.53 Å². The normalized spacial score (nSPS) is 11.2. The highest BCUT2D eigenvalue weighted by molar-refractivity contribution is 14.1. The van der Waals surface area contributed by atoms with Crippen LogP contribution in [0.5, 0.6) is 5.75 Å². The summed E-state index contributed by atoms with van der Waals surface area (Å²) in [5.74, 6) is 0.384. The van der Waals surface area contributed by atoms with Crippen molar-refractivity contribution in [3.63, 3.8) is 0 Å². The molecular weight excluding hydrogens is 511 g/mol. The van der Waals surface area contributed by atoms with Gasteiger partial charge in [-0.3, -0.25) is 4.79 Å². The lowest BCUT2D eigenvalue weighted by Crippen LogP contribution is -2.11. The summed E-state index contributed by atoms with van der Waals surface area (Å²) >= 11 is 2.37. The zero-order chi connectivity index (χ0) is 22.2. The van der Waals surface area contributed by atoms with Crippen molar-refractivity contribution in [3.8, 4) is 16.9 Å². The summed E-state index contributed by atoms with van der Waals surface area (Å²) < 4.78 is 8.73. The maximum Gasteiger partial charge on any atom is 0.249 e. The molecule has 5 rings (SSSR count). The van der Waals surface area contributed by atoms with Crippen LogP contribution < -0.4 is 10.5 Å². The molecule has 1 heterocycles. The number of nitrogens with zero attached hydrogens (tertiary/aromatic N) is 1. The molecule has 0 atom stereocenters. The number of hydrogen-bond acceptors (Lipinski definition) is 2. The molecule has 0 spiro atoms. The summed E-state index contributed by atoms with van der Waals surface area (Å²) in [7, 11) is 1.66. The molecule has 0 aliphatic carbocycles.